The molecule has 0 radical (unpaired) electrons. The minimum Gasteiger partial charge on any atom is -0.375 e. The normalized spacial score (nSPS) is 19.0. The van der Waals surface area contributed by atoms with Crippen molar-refractivity contribution in [2.75, 3.05) is 19.7 Å². The van der Waals surface area contributed by atoms with Gasteiger partial charge in [-0.05, 0) is 23.8 Å². The van der Waals surface area contributed by atoms with Gasteiger partial charge in [0.1, 0.15) is 5.82 Å². The van der Waals surface area contributed by atoms with Gasteiger partial charge in [0.25, 0.3) is 0 Å². The molecule has 2 N–H and O–H groups in total. The van der Waals surface area contributed by atoms with Crippen molar-refractivity contribution in [1.29, 1.82) is 0 Å². The van der Waals surface area contributed by atoms with Gasteiger partial charge < -0.3 is 15.4 Å². The van der Waals surface area contributed by atoms with Crippen LogP contribution in [0.15, 0.2) is 18.2 Å². The molecule has 0 aliphatic carbocycles. The Morgan fingerprint density at radius 3 is 2.77 bits per heavy atom. The lowest BCUT2D eigenvalue weighted by molar-refractivity contribution is -0.137. The maximum absolute atomic E-state index is 13.2. The van der Waals surface area contributed by atoms with Gasteiger partial charge in [-0.25, -0.2) is 4.39 Å². The minimum absolute atomic E-state index is 0.0587. The van der Waals surface area contributed by atoms with E-state index in [9.17, 15) is 22.4 Å². The molecule has 2 rings (SSSR count). The van der Waals surface area contributed by atoms with E-state index in [0.717, 1.165) is 18.7 Å². The van der Waals surface area contributed by atoms with Gasteiger partial charge in [-0.15, -0.1) is 0 Å². The first kappa shape index (κ1) is 16.7. The van der Waals surface area contributed by atoms with E-state index >= 15 is 0 Å². The van der Waals surface area contributed by atoms with Crippen LogP contribution in [0.25, 0.3) is 0 Å². The molecule has 0 unspecified atom stereocenters. The summed E-state index contributed by atoms with van der Waals surface area (Å²) >= 11 is 0. The van der Waals surface area contributed by atoms with Crippen LogP contribution in [0.2, 0.25) is 0 Å². The summed E-state index contributed by atoms with van der Waals surface area (Å²) in [6, 6.07) is 2.21. The van der Waals surface area contributed by atoms with Crippen LogP contribution in [0.1, 0.15) is 17.5 Å². The third-order valence-electron chi connectivity index (χ3n) is 3.19. The average molecular weight is 320 g/mol. The number of carbonyl (C=O) groups is 1. The Balaban J connectivity index is 1.90. The first-order valence-electron chi connectivity index (χ1n) is 6.80. The van der Waals surface area contributed by atoms with E-state index in [-0.39, 0.29) is 30.5 Å². The summed E-state index contributed by atoms with van der Waals surface area (Å²) in [5.41, 5.74) is -1.01. The molecule has 0 saturated carbocycles. The molecule has 0 bridgehead atoms. The molecule has 1 aromatic rings. The number of rotatable bonds is 4. The van der Waals surface area contributed by atoms with Crippen LogP contribution in [-0.4, -0.2) is 31.7 Å². The Morgan fingerprint density at radius 1 is 1.36 bits per heavy atom. The van der Waals surface area contributed by atoms with Gasteiger partial charge in [0.15, 0.2) is 0 Å². The van der Waals surface area contributed by atoms with Gasteiger partial charge in [-0.3, -0.25) is 4.79 Å². The molecular formula is C14H16F4N2O2. The standard InChI is InChI=1S/C14H16F4N2O2/c15-11-4-9(3-10(5-11)14(16,17)18)7-20-13(21)6-12-8-19-1-2-22-12/h3-5,12,19H,1-2,6-8H2,(H,20,21)/t12-/m1/s1. The first-order valence-corrected chi connectivity index (χ1v) is 6.80. The van der Waals surface area contributed by atoms with Crippen LogP contribution < -0.4 is 10.6 Å². The number of alkyl halides is 3. The summed E-state index contributed by atoms with van der Waals surface area (Å²) in [4.78, 5) is 11.7. The summed E-state index contributed by atoms with van der Waals surface area (Å²) < 4.78 is 56.3. The molecule has 1 aliphatic rings. The van der Waals surface area contributed by atoms with Crippen LogP contribution >= 0.6 is 0 Å². The highest BCUT2D eigenvalue weighted by atomic mass is 19.4. The van der Waals surface area contributed by atoms with Crippen molar-refractivity contribution in [1.82, 2.24) is 10.6 Å². The number of morpholine rings is 1. The SMILES string of the molecule is O=C(C[C@@H]1CNCCO1)NCc1cc(F)cc(C(F)(F)F)c1. The van der Waals surface area contributed by atoms with E-state index in [2.05, 4.69) is 10.6 Å². The van der Waals surface area contributed by atoms with E-state index < -0.39 is 17.6 Å². The van der Waals surface area contributed by atoms with Crippen molar-refractivity contribution in [2.24, 2.45) is 0 Å². The highest BCUT2D eigenvalue weighted by molar-refractivity contribution is 5.76. The third kappa shape index (κ3) is 4.96. The molecular weight excluding hydrogens is 304 g/mol. The second-order valence-electron chi connectivity index (χ2n) is 5.02. The number of hydrogen-bond donors (Lipinski definition) is 2. The van der Waals surface area contributed by atoms with Crippen LogP contribution in [-0.2, 0) is 22.3 Å². The minimum atomic E-state index is -4.62. The van der Waals surface area contributed by atoms with Crippen LogP contribution in [0.5, 0.6) is 0 Å². The molecule has 4 nitrogen and oxygen atoms in total. The van der Waals surface area contributed by atoms with Crippen molar-refractivity contribution in [3.05, 3.63) is 35.1 Å². The Kier molecular flexibility index (Phi) is 5.36. The monoisotopic (exact) mass is 320 g/mol. The number of nitrogens with one attached hydrogen (secondary N) is 2. The zero-order valence-corrected chi connectivity index (χ0v) is 11.7. The van der Waals surface area contributed by atoms with E-state index in [1.165, 1.54) is 0 Å². The maximum atomic E-state index is 13.2. The predicted octanol–water partition coefficient (Wildman–Crippen LogP) is 1.84. The zero-order valence-electron chi connectivity index (χ0n) is 11.7. The van der Waals surface area contributed by atoms with Crippen molar-refractivity contribution in [3.63, 3.8) is 0 Å². The number of halogens is 4. The number of amides is 1. The van der Waals surface area contributed by atoms with Gasteiger partial charge in [0, 0.05) is 19.6 Å². The third-order valence-corrected chi connectivity index (χ3v) is 3.19. The summed E-state index contributed by atoms with van der Waals surface area (Å²) in [6.07, 6.45) is -4.77. The Morgan fingerprint density at radius 2 is 2.14 bits per heavy atom. The Hall–Kier alpha value is -1.67. The average Bonchev–Trinajstić information content (AvgIpc) is 2.45. The highest BCUT2D eigenvalue weighted by Gasteiger charge is 2.31. The summed E-state index contributed by atoms with van der Waals surface area (Å²) in [7, 11) is 0. The van der Waals surface area contributed by atoms with E-state index in [1.807, 2.05) is 0 Å². The summed E-state index contributed by atoms with van der Waals surface area (Å²) in [6.45, 7) is 1.61. The summed E-state index contributed by atoms with van der Waals surface area (Å²) in [5, 5.41) is 5.54. The molecule has 122 valence electrons. The number of carbonyl (C=O) groups excluding carboxylic acids is 1. The Bertz CT molecular complexity index is 528. The molecule has 1 aliphatic heterocycles. The van der Waals surface area contributed by atoms with Crippen molar-refractivity contribution in [3.8, 4) is 0 Å². The molecule has 22 heavy (non-hydrogen) atoms. The molecule has 0 spiro atoms. The fraction of sp³-hybridized carbons (Fsp3) is 0.500. The van der Waals surface area contributed by atoms with Crippen LogP contribution in [0, 0.1) is 5.82 Å². The molecule has 1 amide bonds. The molecule has 1 atom stereocenters. The summed E-state index contributed by atoms with van der Waals surface area (Å²) in [5.74, 6) is -1.34. The second-order valence-corrected chi connectivity index (χ2v) is 5.02. The van der Waals surface area contributed by atoms with Gasteiger partial charge >= 0.3 is 6.18 Å². The number of benzene rings is 1. The molecule has 1 saturated heterocycles. The predicted molar refractivity (Wildman–Crippen MR) is 70.5 cm³/mol. The quantitative estimate of drug-likeness (QED) is 0.833. The number of hydrogen-bond acceptors (Lipinski definition) is 3. The fourth-order valence-corrected chi connectivity index (χ4v) is 2.15. The molecule has 1 heterocycles. The van der Waals surface area contributed by atoms with Crippen molar-refractivity contribution < 1.29 is 27.1 Å². The largest absolute Gasteiger partial charge is 0.416 e. The van der Waals surface area contributed by atoms with Crippen molar-refractivity contribution in [2.45, 2.75) is 25.2 Å². The second kappa shape index (κ2) is 7.06. The lowest BCUT2D eigenvalue weighted by atomic mass is 10.1. The lowest BCUT2D eigenvalue weighted by Gasteiger charge is -2.23. The van der Waals surface area contributed by atoms with Gasteiger partial charge in [-0.2, -0.15) is 13.2 Å². The molecule has 0 aromatic heterocycles. The topological polar surface area (TPSA) is 50.4 Å². The molecule has 8 heteroatoms. The van der Waals surface area contributed by atoms with Gasteiger partial charge in [0.05, 0.1) is 24.7 Å². The highest BCUT2D eigenvalue weighted by Crippen LogP contribution is 2.30. The van der Waals surface area contributed by atoms with Crippen molar-refractivity contribution >= 4 is 5.91 Å². The van der Waals surface area contributed by atoms with E-state index in [4.69, 9.17) is 4.74 Å². The van der Waals surface area contributed by atoms with Crippen LogP contribution in [0.4, 0.5) is 17.6 Å². The van der Waals surface area contributed by atoms with Crippen LogP contribution in [0.3, 0.4) is 0 Å². The van der Waals surface area contributed by atoms with E-state index in [1.54, 1.807) is 0 Å². The fourth-order valence-electron chi connectivity index (χ4n) is 2.15. The van der Waals surface area contributed by atoms with Gasteiger partial charge in [-0.1, -0.05) is 0 Å². The van der Waals surface area contributed by atoms with Gasteiger partial charge in [0.2, 0.25) is 5.91 Å². The molecule has 1 aromatic carbocycles. The van der Waals surface area contributed by atoms with E-state index in [0.29, 0.717) is 19.2 Å². The maximum Gasteiger partial charge on any atom is 0.416 e. The Labute approximate surface area is 124 Å². The smallest absolute Gasteiger partial charge is 0.375 e. The lowest BCUT2D eigenvalue weighted by Crippen LogP contribution is -2.41. The number of ether oxygens (including phenoxy) is 1. The zero-order chi connectivity index (χ0) is 16.2. The molecule has 1 fully saturated rings. The first-order chi connectivity index (χ1) is 10.3.